The van der Waals surface area contributed by atoms with E-state index in [-0.39, 0.29) is 23.5 Å². The molecular weight excluding hydrogens is 336 g/mol. The van der Waals surface area contributed by atoms with Crippen molar-refractivity contribution in [1.82, 2.24) is 9.47 Å². The SMILES string of the molecule is CN(C)C(=O)[C@H]1CC[C@H](Oc2cc(=O)n(C)cc2Br)CC1. The Kier molecular flexibility index (Phi) is 5.08. The number of aromatic nitrogens is 1. The summed E-state index contributed by atoms with van der Waals surface area (Å²) in [5.74, 6) is 0.885. The van der Waals surface area contributed by atoms with Gasteiger partial charge in [0, 0.05) is 39.3 Å². The zero-order valence-electron chi connectivity index (χ0n) is 12.6. The number of halogens is 1. The number of ether oxygens (including phenoxy) is 1. The molecule has 0 unspecified atom stereocenters. The maximum absolute atomic E-state index is 11.9. The number of carbonyl (C=O) groups excluding carboxylic acids is 1. The van der Waals surface area contributed by atoms with Crippen LogP contribution in [0, 0.1) is 5.92 Å². The zero-order chi connectivity index (χ0) is 15.6. The lowest BCUT2D eigenvalue weighted by molar-refractivity contribution is -0.134. The van der Waals surface area contributed by atoms with Crippen LogP contribution in [0.3, 0.4) is 0 Å². The highest BCUT2D eigenvalue weighted by atomic mass is 79.9. The van der Waals surface area contributed by atoms with E-state index in [0.717, 1.165) is 30.2 Å². The van der Waals surface area contributed by atoms with E-state index in [9.17, 15) is 9.59 Å². The third-order valence-electron chi connectivity index (χ3n) is 3.90. The summed E-state index contributed by atoms with van der Waals surface area (Å²) < 4.78 is 8.20. The minimum atomic E-state index is -0.0929. The molecule has 0 aromatic carbocycles. The van der Waals surface area contributed by atoms with Crippen LogP contribution < -0.4 is 10.3 Å². The van der Waals surface area contributed by atoms with Gasteiger partial charge in [0.05, 0.1) is 10.6 Å². The van der Waals surface area contributed by atoms with Crippen molar-refractivity contribution in [2.24, 2.45) is 13.0 Å². The minimum absolute atomic E-state index is 0.0691. The maximum Gasteiger partial charge on any atom is 0.254 e. The first-order valence-electron chi connectivity index (χ1n) is 7.12. The second kappa shape index (κ2) is 6.64. The summed E-state index contributed by atoms with van der Waals surface area (Å²) in [4.78, 5) is 25.3. The van der Waals surface area contributed by atoms with Crippen LogP contribution in [0.4, 0.5) is 0 Å². The first kappa shape index (κ1) is 16.1. The van der Waals surface area contributed by atoms with Gasteiger partial charge < -0.3 is 14.2 Å². The lowest BCUT2D eigenvalue weighted by Crippen LogP contribution is -2.34. The summed E-state index contributed by atoms with van der Waals surface area (Å²) >= 11 is 3.42. The number of aryl methyl sites for hydroxylation is 1. The third-order valence-corrected chi connectivity index (χ3v) is 4.50. The zero-order valence-corrected chi connectivity index (χ0v) is 14.2. The Morgan fingerprint density at radius 1 is 1.33 bits per heavy atom. The quantitative estimate of drug-likeness (QED) is 0.833. The van der Waals surface area contributed by atoms with Crippen LogP contribution in [-0.2, 0) is 11.8 Å². The molecular formula is C15H21BrN2O3. The van der Waals surface area contributed by atoms with Crippen molar-refractivity contribution >= 4 is 21.8 Å². The Bertz CT molecular complexity index is 575. The first-order chi connectivity index (χ1) is 9.88. The van der Waals surface area contributed by atoms with Crippen LogP contribution in [-0.4, -0.2) is 35.6 Å². The fourth-order valence-electron chi connectivity index (χ4n) is 2.64. The summed E-state index contributed by atoms with van der Waals surface area (Å²) in [6.07, 6.45) is 5.13. The molecule has 1 aromatic heterocycles. The normalized spacial score (nSPS) is 21.9. The van der Waals surface area contributed by atoms with E-state index in [1.165, 1.54) is 10.6 Å². The summed E-state index contributed by atoms with van der Waals surface area (Å²) in [6, 6.07) is 1.50. The molecule has 1 heterocycles. The van der Waals surface area contributed by atoms with Crippen LogP contribution >= 0.6 is 15.9 Å². The van der Waals surface area contributed by atoms with Gasteiger partial charge in [0.2, 0.25) is 5.91 Å². The van der Waals surface area contributed by atoms with Crippen LogP contribution in [0.15, 0.2) is 21.5 Å². The molecule has 116 valence electrons. The molecule has 0 radical (unpaired) electrons. The molecule has 0 atom stereocenters. The smallest absolute Gasteiger partial charge is 0.254 e. The Morgan fingerprint density at radius 2 is 1.95 bits per heavy atom. The Morgan fingerprint density at radius 3 is 2.52 bits per heavy atom. The number of hydrogen-bond donors (Lipinski definition) is 0. The highest BCUT2D eigenvalue weighted by Gasteiger charge is 2.28. The number of nitrogens with zero attached hydrogens (tertiary/aromatic N) is 2. The van der Waals surface area contributed by atoms with Crippen LogP contribution in [0.5, 0.6) is 5.75 Å². The molecule has 1 aromatic rings. The molecule has 0 bridgehead atoms. The average molecular weight is 357 g/mol. The van der Waals surface area contributed by atoms with Crippen molar-refractivity contribution in [1.29, 1.82) is 0 Å². The number of carbonyl (C=O) groups is 1. The summed E-state index contributed by atoms with van der Waals surface area (Å²) in [6.45, 7) is 0. The van der Waals surface area contributed by atoms with Crippen LogP contribution in [0.2, 0.25) is 0 Å². The molecule has 1 saturated carbocycles. The topological polar surface area (TPSA) is 51.5 Å². The monoisotopic (exact) mass is 356 g/mol. The minimum Gasteiger partial charge on any atom is -0.489 e. The molecule has 0 spiro atoms. The predicted molar refractivity (Wildman–Crippen MR) is 84.5 cm³/mol. The molecule has 6 heteroatoms. The summed E-state index contributed by atoms with van der Waals surface area (Å²) in [7, 11) is 5.29. The molecule has 1 fully saturated rings. The van der Waals surface area contributed by atoms with Gasteiger partial charge in [-0.1, -0.05) is 0 Å². The Balaban J connectivity index is 1.97. The van der Waals surface area contributed by atoms with Gasteiger partial charge in [0.25, 0.3) is 5.56 Å². The molecule has 0 saturated heterocycles. The summed E-state index contributed by atoms with van der Waals surface area (Å²) in [5, 5.41) is 0. The predicted octanol–water partition coefficient (Wildman–Crippen LogP) is 2.17. The molecule has 0 N–H and O–H groups in total. The highest BCUT2D eigenvalue weighted by molar-refractivity contribution is 9.10. The van der Waals surface area contributed by atoms with Crippen molar-refractivity contribution in [3.8, 4) is 5.75 Å². The number of amides is 1. The first-order valence-corrected chi connectivity index (χ1v) is 7.91. The van der Waals surface area contributed by atoms with Crippen LogP contribution in [0.1, 0.15) is 25.7 Å². The second-order valence-corrected chi connectivity index (χ2v) is 6.61. The van der Waals surface area contributed by atoms with E-state index < -0.39 is 0 Å². The van der Waals surface area contributed by atoms with E-state index in [0.29, 0.717) is 5.75 Å². The molecule has 21 heavy (non-hydrogen) atoms. The highest BCUT2D eigenvalue weighted by Crippen LogP contribution is 2.30. The van der Waals surface area contributed by atoms with E-state index in [1.807, 2.05) is 0 Å². The van der Waals surface area contributed by atoms with Gasteiger partial charge in [-0.15, -0.1) is 0 Å². The van der Waals surface area contributed by atoms with E-state index >= 15 is 0 Å². The Hall–Kier alpha value is -1.30. The largest absolute Gasteiger partial charge is 0.489 e. The number of pyridine rings is 1. The third kappa shape index (κ3) is 3.87. The lowest BCUT2D eigenvalue weighted by Gasteiger charge is -2.30. The standard InChI is InChI=1S/C15H21BrN2O3/c1-17(2)15(20)10-4-6-11(7-5-10)21-13-8-14(19)18(3)9-12(13)16/h8-11H,4-7H2,1-3H3/t10-,11-. The fourth-order valence-corrected chi connectivity index (χ4v) is 3.16. The fraction of sp³-hybridized carbons (Fsp3) is 0.600. The van der Waals surface area contributed by atoms with Crippen molar-refractivity contribution in [2.75, 3.05) is 14.1 Å². The van der Waals surface area contributed by atoms with Gasteiger partial charge in [0.1, 0.15) is 5.75 Å². The van der Waals surface area contributed by atoms with Gasteiger partial charge in [-0.3, -0.25) is 9.59 Å². The van der Waals surface area contributed by atoms with Gasteiger partial charge in [-0.05, 0) is 41.6 Å². The van der Waals surface area contributed by atoms with E-state index in [4.69, 9.17) is 4.74 Å². The van der Waals surface area contributed by atoms with Gasteiger partial charge >= 0.3 is 0 Å². The summed E-state index contributed by atoms with van der Waals surface area (Å²) in [5.41, 5.74) is -0.0929. The number of hydrogen-bond acceptors (Lipinski definition) is 3. The van der Waals surface area contributed by atoms with Crippen molar-refractivity contribution < 1.29 is 9.53 Å². The van der Waals surface area contributed by atoms with E-state index in [1.54, 1.807) is 32.2 Å². The lowest BCUT2D eigenvalue weighted by atomic mass is 9.86. The van der Waals surface area contributed by atoms with E-state index in [2.05, 4.69) is 15.9 Å². The van der Waals surface area contributed by atoms with Gasteiger partial charge in [-0.2, -0.15) is 0 Å². The molecule has 5 nitrogen and oxygen atoms in total. The van der Waals surface area contributed by atoms with Crippen molar-refractivity contribution in [2.45, 2.75) is 31.8 Å². The van der Waals surface area contributed by atoms with Crippen molar-refractivity contribution in [3.63, 3.8) is 0 Å². The molecule has 1 amide bonds. The van der Waals surface area contributed by atoms with Gasteiger partial charge in [0.15, 0.2) is 0 Å². The van der Waals surface area contributed by atoms with Gasteiger partial charge in [-0.25, -0.2) is 0 Å². The van der Waals surface area contributed by atoms with Crippen molar-refractivity contribution in [3.05, 3.63) is 27.1 Å². The molecule has 0 aliphatic heterocycles. The Labute approximate surface area is 133 Å². The molecule has 2 rings (SSSR count). The molecule has 1 aliphatic rings. The maximum atomic E-state index is 11.9. The number of rotatable bonds is 3. The average Bonchev–Trinajstić information content (AvgIpc) is 2.44. The molecule has 1 aliphatic carbocycles. The second-order valence-electron chi connectivity index (χ2n) is 5.76. The van der Waals surface area contributed by atoms with Crippen LogP contribution in [0.25, 0.3) is 0 Å².